The number of carbonyl (C=O) groups is 2. The first kappa shape index (κ1) is 15.9. The van der Waals surface area contributed by atoms with Crippen LogP contribution in [0.4, 0.5) is 5.00 Å². The van der Waals surface area contributed by atoms with Crippen LogP contribution in [0, 0.1) is 0 Å². The average molecular weight is 310 g/mol. The van der Waals surface area contributed by atoms with E-state index in [0.717, 1.165) is 25.9 Å². The van der Waals surface area contributed by atoms with Gasteiger partial charge < -0.3 is 16.4 Å². The van der Waals surface area contributed by atoms with Gasteiger partial charge in [-0.2, -0.15) is 0 Å². The van der Waals surface area contributed by atoms with E-state index in [1.54, 1.807) is 11.4 Å². The maximum atomic E-state index is 12.2. The molecule has 116 valence electrons. The van der Waals surface area contributed by atoms with E-state index in [2.05, 4.69) is 15.5 Å². The van der Waals surface area contributed by atoms with Gasteiger partial charge in [0.2, 0.25) is 5.91 Å². The Morgan fingerprint density at radius 1 is 1.48 bits per heavy atom. The molecule has 2 rings (SSSR count). The van der Waals surface area contributed by atoms with Crippen molar-refractivity contribution in [1.82, 2.24) is 10.2 Å². The molecule has 0 bridgehead atoms. The maximum absolute atomic E-state index is 12.2. The highest BCUT2D eigenvalue weighted by Gasteiger charge is 2.24. The monoisotopic (exact) mass is 310 g/mol. The Morgan fingerprint density at radius 2 is 2.29 bits per heavy atom. The lowest BCUT2D eigenvalue weighted by Crippen LogP contribution is -2.47. The van der Waals surface area contributed by atoms with Crippen LogP contribution in [0.25, 0.3) is 0 Å². The van der Waals surface area contributed by atoms with Crippen LogP contribution in [-0.4, -0.2) is 49.4 Å². The van der Waals surface area contributed by atoms with Crippen molar-refractivity contribution in [2.24, 2.45) is 5.73 Å². The smallest absolute Gasteiger partial charge is 0.251 e. The third-order valence-electron chi connectivity index (χ3n) is 3.72. The molecule has 2 amide bonds. The average Bonchev–Trinajstić information content (AvgIpc) is 2.89. The van der Waals surface area contributed by atoms with Crippen LogP contribution >= 0.6 is 11.3 Å². The van der Waals surface area contributed by atoms with Gasteiger partial charge in [-0.15, -0.1) is 11.3 Å². The van der Waals surface area contributed by atoms with Crippen molar-refractivity contribution in [3.63, 3.8) is 0 Å². The fraction of sp³-hybridized carbons (Fsp3) is 0.571. The van der Waals surface area contributed by atoms with Crippen molar-refractivity contribution in [3.8, 4) is 0 Å². The topological polar surface area (TPSA) is 87.5 Å². The van der Waals surface area contributed by atoms with E-state index in [-0.39, 0.29) is 5.91 Å². The van der Waals surface area contributed by atoms with Crippen molar-refractivity contribution in [1.29, 1.82) is 0 Å². The number of nitrogens with two attached hydrogens (primary N) is 1. The van der Waals surface area contributed by atoms with Crippen LogP contribution in [-0.2, 0) is 4.79 Å². The molecule has 0 aliphatic carbocycles. The number of anilines is 1. The highest BCUT2D eigenvalue weighted by molar-refractivity contribution is 7.14. The SMILES string of the molecule is CNCC1CCCCN1CC(=O)Nc1sccc1C(N)=O. The maximum Gasteiger partial charge on any atom is 0.251 e. The second-order valence-corrected chi connectivity index (χ2v) is 6.17. The number of hydrogen-bond donors (Lipinski definition) is 3. The van der Waals surface area contributed by atoms with Gasteiger partial charge in [-0.25, -0.2) is 0 Å². The molecule has 1 aromatic rings. The number of piperidine rings is 1. The van der Waals surface area contributed by atoms with Crippen LogP contribution in [0.1, 0.15) is 29.6 Å². The largest absolute Gasteiger partial charge is 0.366 e. The summed E-state index contributed by atoms with van der Waals surface area (Å²) < 4.78 is 0. The molecule has 0 saturated carbocycles. The molecule has 21 heavy (non-hydrogen) atoms. The van der Waals surface area contributed by atoms with Crippen molar-refractivity contribution in [3.05, 3.63) is 17.0 Å². The molecule has 1 aromatic heterocycles. The summed E-state index contributed by atoms with van der Waals surface area (Å²) in [6.45, 7) is 2.17. The summed E-state index contributed by atoms with van der Waals surface area (Å²) in [5.74, 6) is -0.611. The molecular weight excluding hydrogens is 288 g/mol. The number of rotatable bonds is 6. The van der Waals surface area contributed by atoms with Gasteiger partial charge in [0, 0.05) is 12.6 Å². The zero-order chi connectivity index (χ0) is 15.2. The van der Waals surface area contributed by atoms with Crippen LogP contribution in [0.15, 0.2) is 11.4 Å². The zero-order valence-corrected chi connectivity index (χ0v) is 13.0. The van der Waals surface area contributed by atoms with Crippen LogP contribution in [0.5, 0.6) is 0 Å². The van der Waals surface area contributed by atoms with Gasteiger partial charge in [-0.05, 0) is 37.9 Å². The molecule has 1 aliphatic heterocycles. The van der Waals surface area contributed by atoms with Crippen LogP contribution < -0.4 is 16.4 Å². The fourth-order valence-electron chi connectivity index (χ4n) is 2.69. The van der Waals surface area contributed by atoms with Gasteiger partial charge in [0.05, 0.1) is 12.1 Å². The number of nitrogens with one attached hydrogen (secondary N) is 2. The molecule has 7 heteroatoms. The summed E-state index contributed by atoms with van der Waals surface area (Å²) >= 11 is 1.32. The minimum Gasteiger partial charge on any atom is -0.366 e. The van der Waals surface area contributed by atoms with Gasteiger partial charge in [0.1, 0.15) is 5.00 Å². The molecule has 4 N–H and O–H groups in total. The third kappa shape index (κ3) is 4.26. The first-order valence-corrected chi connectivity index (χ1v) is 8.05. The second kappa shape index (κ2) is 7.53. The van der Waals surface area contributed by atoms with E-state index < -0.39 is 5.91 Å². The molecule has 1 fully saturated rings. The zero-order valence-electron chi connectivity index (χ0n) is 12.2. The molecule has 0 aromatic carbocycles. The van der Waals surface area contributed by atoms with E-state index in [1.165, 1.54) is 17.8 Å². The van der Waals surface area contributed by atoms with Gasteiger partial charge >= 0.3 is 0 Å². The number of likely N-dealkylation sites (N-methyl/N-ethyl adjacent to an activating group) is 1. The Hall–Kier alpha value is -1.44. The summed E-state index contributed by atoms with van der Waals surface area (Å²) in [7, 11) is 1.93. The minimum atomic E-state index is -0.516. The molecule has 1 saturated heterocycles. The van der Waals surface area contributed by atoms with E-state index >= 15 is 0 Å². The molecule has 0 spiro atoms. The Kier molecular flexibility index (Phi) is 5.72. The van der Waals surface area contributed by atoms with E-state index in [0.29, 0.717) is 23.2 Å². The van der Waals surface area contributed by atoms with Gasteiger partial charge in [0.25, 0.3) is 5.91 Å². The van der Waals surface area contributed by atoms with E-state index in [1.807, 2.05) is 7.05 Å². The molecule has 1 aliphatic rings. The second-order valence-electron chi connectivity index (χ2n) is 5.25. The summed E-state index contributed by atoms with van der Waals surface area (Å²) in [4.78, 5) is 25.6. The Labute approximate surface area is 128 Å². The first-order chi connectivity index (χ1) is 10.1. The highest BCUT2D eigenvalue weighted by atomic mass is 32.1. The number of carbonyl (C=O) groups excluding carboxylic acids is 2. The molecule has 1 atom stereocenters. The van der Waals surface area contributed by atoms with Crippen molar-refractivity contribution < 1.29 is 9.59 Å². The summed E-state index contributed by atoms with van der Waals surface area (Å²) in [6, 6.07) is 2.03. The van der Waals surface area contributed by atoms with Crippen LogP contribution in [0.3, 0.4) is 0 Å². The summed E-state index contributed by atoms with van der Waals surface area (Å²) in [6.07, 6.45) is 3.44. The highest BCUT2D eigenvalue weighted by Crippen LogP contribution is 2.23. The number of thiophene rings is 1. The molecule has 1 unspecified atom stereocenters. The molecular formula is C14H22N4O2S. The van der Waals surface area contributed by atoms with Gasteiger partial charge in [-0.3, -0.25) is 14.5 Å². The third-order valence-corrected chi connectivity index (χ3v) is 4.55. The van der Waals surface area contributed by atoms with Crippen molar-refractivity contribution >= 4 is 28.2 Å². The first-order valence-electron chi connectivity index (χ1n) is 7.17. The lowest BCUT2D eigenvalue weighted by atomic mass is 10.0. The lowest BCUT2D eigenvalue weighted by molar-refractivity contribution is -0.118. The lowest BCUT2D eigenvalue weighted by Gasteiger charge is -2.35. The predicted octanol–water partition coefficient (Wildman–Crippen LogP) is 0.859. The van der Waals surface area contributed by atoms with Gasteiger partial charge in [0.15, 0.2) is 0 Å². The minimum absolute atomic E-state index is 0.0945. The normalized spacial score (nSPS) is 19.4. The number of nitrogens with zero attached hydrogens (tertiary/aromatic N) is 1. The number of likely N-dealkylation sites (tertiary alicyclic amines) is 1. The van der Waals surface area contributed by atoms with Crippen molar-refractivity contribution in [2.45, 2.75) is 25.3 Å². The quantitative estimate of drug-likeness (QED) is 0.727. The Morgan fingerprint density at radius 3 is 3.00 bits per heavy atom. The van der Waals surface area contributed by atoms with Gasteiger partial charge in [-0.1, -0.05) is 6.42 Å². The fourth-order valence-corrected chi connectivity index (χ4v) is 3.49. The summed E-state index contributed by atoms with van der Waals surface area (Å²) in [5.41, 5.74) is 5.65. The number of amides is 2. The molecule has 6 nitrogen and oxygen atoms in total. The Bertz CT molecular complexity index is 501. The molecule has 2 heterocycles. The van der Waals surface area contributed by atoms with E-state index in [4.69, 9.17) is 5.73 Å². The predicted molar refractivity (Wildman–Crippen MR) is 84.6 cm³/mol. The standard InChI is InChI=1S/C14H22N4O2S/c1-16-8-10-4-2-3-6-18(10)9-12(19)17-14-11(13(15)20)5-7-21-14/h5,7,10,16H,2-4,6,8-9H2,1H3,(H2,15,20)(H,17,19). The molecule has 0 radical (unpaired) electrons. The Balaban J connectivity index is 1.94. The van der Waals surface area contributed by atoms with Crippen molar-refractivity contribution in [2.75, 3.05) is 32.0 Å². The number of primary amides is 1. The number of hydrogen-bond acceptors (Lipinski definition) is 5. The van der Waals surface area contributed by atoms with E-state index in [9.17, 15) is 9.59 Å². The van der Waals surface area contributed by atoms with Crippen LogP contribution in [0.2, 0.25) is 0 Å². The summed E-state index contributed by atoms with van der Waals surface area (Å²) in [5, 5.41) is 8.26.